The zero-order chi connectivity index (χ0) is 18.5. The van der Waals surface area contributed by atoms with Crippen LogP contribution in [0.15, 0.2) is 58.2 Å². The summed E-state index contributed by atoms with van der Waals surface area (Å²) in [6, 6.07) is 14.1. The van der Waals surface area contributed by atoms with Gasteiger partial charge in [-0.3, -0.25) is 9.36 Å². The number of hydrogen-bond donors (Lipinski definition) is 1. The van der Waals surface area contributed by atoms with Crippen molar-refractivity contribution in [3.05, 3.63) is 76.0 Å². The number of benzene rings is 2. The highest BCUT2D eigenvalue weighted by atomic mass is 32.2. The standard InChI is InChI=1S/C19H19FN4OS/c1-3-13-4-8-15(9-5-13)21-19-23-22-17(18(25)24(19)2)12-26-16-10-6-14(20)7-11-16/h4-11H,3,12H2,1-2H3,(H,21,23). The molecular weight excluding hydrogens is 351 g/mol. The molecule has 0 atom stereocenters. The maximum absolute atomic E-state index is 12.9. The first-order chi connectivity index (χ1) is 12.6. The maximum Gasteiger partial charge on any atom is 0.277 e. The number of aromatic nitrogens is 3. The lowest BCUT2D eigenvalue weighted by Gasteiger charge is -2.10. The minimum Gasteiger partial charge on any atom is -0.324 e. The van der Waals surface area contributed by atoms with E-state index in [2.05, 4.69) is 22.4 Å². The molecule has 7 heteroatoms. The predicted molar refractivity (Wildman–Crippen MR) is 102 cm³/mol. The molecule has 0 aliphatic carbocycles. The smallest absolute Gasteiger partial charge is 0.277 e. The van der Waals surface area contributed by atoms with Crippen molar-refractivity contribution in [2.45, 2.75) is 24.0 Å². The minimum absolute atomic E-state index is 0.206. The van der Waals surface area contributed by atoms with Crippen LogP contribution in [-0.4, -0.2) is 14.8 Å². The van der Waals surface area contributed by atoms with Crippen LogP contribution in [0.1, 0.15) is 18.2 Å². The van der Waals surface area contributed by atoms with E-state index in [0.29, 0.717) is 17.4 Å². The van der Waals surface area contributed by atoms with Gasteiger partial charge in [0.05, 0.1) is 0 Å². The normalized spacial score (nSPS) is 10.7. The summed E-state index contributed by atoms with van der Waals surface area (Å²) in [5.74, 6) is 0.471. The van der Waals surface area contributed by atoms with E-state index in [1.165, 1.54) is 34.0 Å². The van der Waals surface area contributed by atoms with E-state index in [-0.39, 0.29) is 11.4 Å². The number of thioether (sulfide) groups is 1. The lowest BCUT2D eigenvalue weighted by molar-refractivity contribution is 0.626. The van der Waals surface area contributed by atoms with Crippen molar-refractivity contribution in [2.24, 2.45) is 7.05 Å². The van der Waals surface area contributed by atoms with Crippen molar-refractivity contribution < 1.29 is 4.39 Å². The van der Waals surface area contributed by atoms with E-state index in [1.54, 1.807) is 19.2 Å². The summed E-state index contributed by atoms with van der Waals surface area (Å²) in [6.45, 7) is 2.10. The van der Waals surface area contributed by atoms with Gasteiger partial charge >= 0.3 is 0 Å². The Kier molecular flexibility index (Phi) is 5.68. The van der Waals surface area contributed by atoms with Crippen LogP contribution < -0.4 is 10.9 Å². The summed E-state index contributed by atoms with van der Waals surface area (Å²) >= 11 is 1.42. The number of halogens is 1. The number of nitrogens with one attached hydrogen (secondary N) is 1. The predicted octanol–water partition coefficient (Wildman–Crippen LogP) is 3.91. The molecule has 2 aromatic carbocycles. The van der Waals surface area contributed by atoms with E-state index in [1.807, 2.05) is 24.3 Å². The SMILES string of the molecule is CCc1ccc(Nc2nnc(CSc3ccc(F)cc3)c(=O)n2C)cc1. The number of aryl methyl sites for hydroxylation is 1. The van der Waals surface area contributed by atoms with Crippen LogP contribution in [0, 0.1) is 5.82 Å². The third kappa shape index (κ3) is 4.29. The summed E-state index contributed by atoms with van der Waals surface area (Å²) in [5, 5.41) is 11.3. The van der Waals surface area contributed by atoms with Crippen LogP contribution in [-0.2, 0) is 19.2 Å². The molecule has 0 amide bonds. The zero-order valence-electron chi connectivity index (χ0n) is 14.6. The minimum atomic E-state index is -0.285. The fourth-order valence-corrected chi connectivity index (χ4v) is 3.16. The van der Waals surface area contributed by atoms with Gasteiger partial charge in [0, 0.05) is 23.4 Å². The number of rotatable bonds is 6. The third-order valence-corrected chi connectivity index (χ3v) is 4.97. The molecule has 0 aliphatic rings. The summed E-state index contributed by atoms with van der Waals surface area (Å²) in [6.07, 6.45) is 0.971. The quantitative estimate of drug-likeness (QED) is 0.667. The van der Waals surface area contributed by atoms with Crippen LogP contribution in [0.5, 0.6) is 0 Å². The summed E-state index contributed by atoms with van der Waals surface area (Å²) in [7, 11) is 1.66. The second-order valence-electron chi connectivity index (χ2n) is 5.75. The molecule has 5 nitrogen and oxygen atoms in total. The van der Waals surface area contributed by atoms with Gasteiger partial charge in [0.15, 0.2) is 0 Å². The number of hydrogen-bond acceptors (Lipinski definition) is 5. The Morgan fingerprint density at radius 2 is 1.77 bits per heavy atom. The molecule has 1 aromatic heterocycles. The highest BCUT2D eigenvalue weighted by Crippen LogP contribution is 2.21. The van der Waals surface area contributed by atoms with Gasteiger partial charge in [-0.25, -0.2) is 4.39 Å². The summed E-state index contributed by atoms with van der Waals surface area (Å²) in [5.41, 5.74) is 2.24. The van der Waals surface area contributed by atoms with Crippen molar-refractivity contribution in [3.8, 4) is 0 Å². The molecule has 1 heterocycles. The molecule has 0 saturated heterocycles. The fourth-order valence-electron chi connectivity index (χ4n) is 2.34. The van der Waals surface area contributed by atoms with Crippen molar-refractivity contribution in [1.29, 1.82) is 0 Å². The highest BCUT2D eigenvalue weighted by molar-refractivity contribution is 7.98. The summed E-state index contributed by atoms with van der Waals surface area (Å²) in [4.78, 5) is 13.4. The lowest BCUT2D eigenvalue weighted by atomic mass is 10.1. The lowest BCUT2D eigenvalue weighted by Crippen LogP contribution is -2.26. The van der Waals surface area contributed by atoms with Gasteiger partial charge < -0.3 is 5.32 Å². The Balaban J connectivity index is 1.73. The topological polar surface area (TPSA) is 59.8 Å². The Hall–Kier alpha value is -2.67. The zero-order valence-corrected chi connectivity index (χ0v) is 15.4. The Bertz CT molecular complexity index is 939. The van der Waals surface area contributed by atoms with E-state index in [4.69, 9.17) is 0 Å². The second-order valence-corrected chi connectivity index (χ2v) is 6.80. The molecule has 0 unspecified atom stereocenters. The van der Waals surface area contributed by atoms with E-state index in [9.17, 15) is 9.18 Å². The molecule has 0 bridgehead atoms. The maximum atomic E-state index is 12.9. The van der Waals surface area contributed by atoms with E-state index in [0.717, 1.165) is 17.0 Å². The van der Waals surface area contributed by atoms with Gasteiger partial charge in [0.2, 0.25) is 5.95 Å². The van der Waals surface area contributed by atoms with Crippen LogP contribution in [0.4, 0.5) is 16.0 Å². The van der Waals surface area contributed by atoms with Crippen LogP contribution >= 0.6 is 11.8 Å². The molecule has 3 aromatic rings. The Labute approximate surface area is 155 Å². The summed E-state index contributed by atoms with van der Waals surface area (Å²) < 4.78 is 14.4. The first-order valence-electron chi connectivity index (χ1n) is 8.23. The molecule has 1 N–H and O–H groups in total. The van der Waals surface area contributed by atoms with Gasteiger partial charge in [-0.1, -0.05) is 19.1 Å². The molecule has 3 rings (SSSR count). The van der Waals surface area contributed by atoms with Gasteiger partial charge in [-0.15, -0.1) is 22.0 Å². The average Bonchev–Trinajstić information content (AvgIpc) is 2.67. The van der Waals surface area contributed by atoms with Crippen molar-refractivity contribution in [2.75, 3.05) is 5.32 Å². The molecule has 26 heavy (non-hydrogen) atoms. The van der Waals surface area contributed by atoms with E-state index >= 15 is 0 Å². The molecule has 0 saturated carbocycles. The van der Waals surface area contributed by atoms with Gasteiger partial charge in [0.25, 0.3) is 5.56 Å². The van der Waals surface area contributed by atoms with Crippen molar-refractivity contribution >= 4 is 23.4 Å². The van der Waals surface area contributed by atoms with Gasteiger partial charge in [0.1, 0.15) is 11.5 Å². The second kappa shape index (κ2) is 8.14. The Morgan fingerprint density at radius 1 is 1.08 bits per heavy atom. The Morgan fingerprint density at radius 3 is 2.42 bits per heavy atom. The van der Waals surface area contributed by atoms with Crippen molar-refractivity contribution in [1.82, 2.24) is 14.8 Å². The number of nitrogens with zero attached hydrogens (tertiary/aromatic N) is 3. The molecule has 0 fully saturated rings. The fraction of sp³-hybridized carbons (Fsp3) is 0.211. The average molecular weight is 370 g/mol. The van der Waals surface area contributed by atoms with Crippen molar-refractivity contribution in [3.63, 3.8) is 0 Å². The first-order valence-corrected chi connectivity index (χ1v) is 9.22. The van der Waals surface area contributed by atoms with Crippen LogP contribution in [0.3, 0.4) is 0 Å². The monoisotopic (exact) mass is 370 g/mol. The molecular formula is C19H19FN4OS. The molecule has 0 radical (unpaired) electrons. The van der Waals surface area contributed by atoms with Gasteiger partial charge in [-0.2, -0.15) is 0 Å². The van der Waals surface area contributed by atoms with Crippen LogP contribution in [0.25, 0.3) is 0 Å². The highest BCUT2D eigenvalue weighted by Gasteiger charge is 2.10. The third-order valence-electron chi connectivity index (χ3n) is 3.94. The van der Waals surface area contributed by atoms with E-state index < -0.39 is 0 Å². The molecule has 0 spiro atoms. The number of anilines is 2. The van der Waals surface area contributed by atoms with Gasteiger partial charge in [-0.05, 0) is 48.4 Å². The largest absolute Gasteiger partial charge is 0.324 e. The first kappa shape index (κ1) is 18.1. The molecule has 134 valence electrons. The van der Waals surface area contributed by atoms with Crippen LogP contribution in [0.2, 0.25) is 0 Å². The molecule has 0 aliphatic heterocycles.